The van der Waals surface area contributed by atoms with E-state index in [1.807, 2.05) is 0 Å². The van der Waals surface area contributed by atoms with Crippen LogP contribution < -0.4 is 14.9 Å². The number of ether oxygens (including phenoxy) is 2. The Bertz CT molecular complexity index is 541. The maximum Gasteiger partial charge on any atom is 0.237 e. The zero-order valence-electron chi connectivity index (χ0n) is 9.76. The summed E-state index contributed by atoms with van der Waals surface area (Å²) in [5, 5.41) is 20.7. The van der Waals surface area contributed by atoms with Crippen molar-refractivity contribution in [3.63, 3.8) is 0 Å². The maximum atomic E-state index is 8.55. The molecule has 0 aliphatic rings. The minimum absolute atomic E-state index is 0.280. The van der Waals surface area contributed by atoms with Gasteiger partial charge in [0.1, 0.15) is 12.1 Å². The van der Waals surface area contributed by atoms with Crippen molar-refractivity contribution in [2.45, 2.75) is 4.90 Å². The maximum absolute atomic E-state index is 8.55. The average molecular weight is 262 g/mol. The van der Waals surface area contributed by atoms with Gasteiger partial charge in [-0.25, -0.2) is 0 Å². The van der Waals surface area contributed by atoms with E-state index < -0.39 is 0 Å². The highest BCUT2D eigenvalue weighted by Crippen LogP contribution is 2.35. The van der Waals surface area contributed by atoms with Crippen molar-refractivity contribution in [2.24, 2.45) is 5.10 Å². The Morgan fingerprint density at radius 2 is 1.78 bits per heavy atom. The first-order chi connectivity index (χ1) is 8.65. The summed E-state index contributed by atoms with van der Waals surface area (Å²) < 4.78 is 10.2. The topological polar surface area (TPSA) is 90.4 Å². The number of hydrazone groups is 1. The smallest absolute Gasteiger partial charge is 0.237 e. The highest BCUT2D eigenvalue weighted by Gasteiger charge is 2.08. The minimum Gasteiger partial charge on any atom is -0.493 e. The molecule has 0 spiro atoms. The van der Waals surface area contributed by atoms with E-state index in [9.17, 15) is 0 Å². The summed E-state index contributed by atoms with van der Waals surface area (Å²) in [7, 11) is 3.01. The van der Waals surface area contributed by atoms with E-state index in [1.54, 1.807) is 24.3 Å². The molecule has 1 aromatic rings. The van der Waals surface area contributed by atoms with E-state index in [2.05, 4.69) is 23.2 Å². The Labute approximate surface area is 110 Å². The zero-order valence-corrected chi connectivity index (χ0v) is 10.7. The fourth-order valence-corrected chi connectivity index (χ4v) is 1.38. The van der Waals surface area contributed by atoms with Crippen LogP contribution >= 0.6 is 12.6 Å². The lowest BCUT2D eigenvalue weighted by Gasteiger charge is -2.11. The molecule has 1 aromatic carbocycles. The molecule has 0 aliphatic carbocycles. The van der Waals surface area contributed by atoms with Crippen LogP contribution in [0.1, 0.15) is 0 Å². The van der Waals surface area contributed by atoms with Crippen LogP contribution in [-0.4, -0.2) is 19.9 Å². The quantitative estimate of drug-likeness (QED) is 0.490. The van der Waals surface area contributed by atoms with Crippen LogP contribution in [-0.2, 0) is 0 Å². The summed E-state index contributed by atoms with van der Waals surface area (Å²) in [6.07, 6.45) is 0. The van der Waals surface area contributed by atoms with Crippen molar-refractivity contribution < 1.29 is 9.47 Å². The van der Waals surface area contributed by atoms with E-state index in [0.29, 0.717) is 22.1 Å². The van der Waals surface area contributed by atoms with E-state index in [4.69, 9.17) is 20.0 Å². The van der Waals surface area contributed by atoms with Crippen LogP contribution in [0.25, 0.3) is 0 Å². The summed E-state index contributed by atoms with van der Waals surface area (Å²) in [5.74, 6) is 1.02. The van der Waals surface area contributed by atoms with Gasteiger partial charge in [-0.15, -0.1) is 12.6 Å². The lowest BCUT2D eigenvalue weighted by atomic mass is 10.3. The third-order valence-electron chi connectivity index (χ3n) is 2.00. The predicted octanol–water partition coefficient (Wildman–Crippen LogP) is 1.81. The number of benzene rings is 1. The second-order valence-electron chi connectivity index (χ2n) is 3.02. The zero-order chi connectivity index (χ0) is 13.5. The Morgan fingerprint density at radius 3 is 2.28 bits per heavy atom. The van der Waals surface area contributed by atoms with Crippen LogP contribution in [0, 0.1) is 22.7 Å². The molecule has 0 amide bonds. The van der Waals surface area contributed by atoms with Crippen molar-refractivity contribution in [3.05, 3.63) is 12.1 Å². The number of thiol groups is 1. The molecule has 1 N–H and O–H groups in total. The normalized spacial score (nSPS) is 8.72. The summed E-state index contributed by atoms with van der Waals surface area (Å²) in [4.78, 5) is 0.548. The van der Waals surface area contributed by atoms with Gasteiger partial charge >= 0.3 is 0 Å². The number of methoxy groups -OCH3 is 2. The number of hydrogen-bond acceptors (Lipinski definition) is 7. The molecule has 92 valence electrons. The Hall–Kier alpha value is -2.38. The highest BCUT2D eigenvalue weighted by atomic mass is 32.1. The molecule has 0 saturated heterocycles. The van der Waals surface area contributed by atoms with Gasteiger partial charge in [0.25, 0.3) is 0 Å². The third kappa shape index (κ3) is 3.06. The summed E-state index contributed by atoms with van der Waals surface area (Å²) in [6, 6.07) is 6.52. The van der Waals surface area contributed by atoms with Crippen molar-refractivity contribution in [2.75, 3.05) is 19.6 Å². The molecular formula is C11H10N4O2S. The summed E-state index contributed by atoms with van der Waals surface area (Å²) in [5.41, 5.74) is 2.79. The SMILES string of the molecule is COc1cc(S)c(NN=C(C#N)C#N)cc1OC. The number of rotatable bonds is 4. The number of anilines is 1. The molecule has 0 unspecified atom stereocenters. The summed E-state index contributed by atoms with van der Waals surface area (Å²) >= 11 is 4.24. The van der Waals surface area contributed by atoms with Gasteiger partial charge < -0.3 is 9.47 Å². The van der Waals surface area contributed by atoms with Crippen LogP contribution in [0.3, 0.4) is 0 Å². The molecule has 0 radical (unpaired) electrons. The van der Waals surface area contributed by atoms with E-state index in [-0.39, 0.29) is 5.71 Å². The van der Waals surface area contributed by atoms with Crippen LogP contribution in [0.4, 0.5) is 5.69 Å². The molecule has 0 aromatic heterocycles. The molecule has 0 saturated carbocycles. The first-order valence-corrected chi connectivity index (χ1v) is 5.19. The largest absolute Gasteiger partial charge is 0.493 e. The van der Waals surface area contributed by atoms with Gasteiger partial charge in [0.15, 0.2) is 11.5 Å². The Morgan fingerprint density at radius 1 is 1.22 bits per heavy atom. The number of hydrogen-bond donors (Lipinski definition) is 2. The molecule has 0 fully saturated rings. The first-order valence-electron chi connectivity index (χ1n) is 4.75. The van der Waals surface area contributed by atoms with Crippen molar-refractivity contribution in [1.82, 2.24) is 0 Å². The molecular weight excluding hydrogens is 252 g/mol. The minimum atomic E-state index is -0.280. The van der Waals surface area contributed by atoms with Gasteiger partial charge in [-0.1, -0.05) is 0 Å². The summed E-state index contributed by atoms with van der Waals surface area (Å²) in [6.45, 7) is 0. The Kier molecular flexibility index (Phi) is 4.85. The van der Waals surface area contributed by atoms with Gasteiger partial charge in [0.05, 0.1) is 19.9 Å². The third-order valence-corrected chi connectivity index (χ3v) is 2.37. The lowest BCUT2D eigenvalue weighted by molar-refractivity contribution is 0.354. The standard InChI is InChI=1S/C11H10N4O2S/c1-16-9-3-8(11(18)4-10(9)17-2)15-14-7(5-12)6-13/h3-4,15,18H,1-2H3. The molecule has 0 bridgehead atoms. The van der Waals surface area contributed by atoms with E-state index in [0.717, 1.165) is 0 Å². The van der Waals surface area contributed by atoms with Gasteiger partial charge in [-0.2, -0.15) is 15.6 Å². The second kappa shape index (κ2) is 6.38. The molecule has 0 heterocycles. The van der Waals surface area contributed by atoms with Crippen molar-refractivity contribution in [1.29, 1.82) is 10.5 Å². The fraction of sp³-hybridized carbons (Fsp3) is 0.182. The second-order valence-corrected chi connectivity index (χ2v) is 3.50. The van der Waals surface area contributed by atoms with Gasteiger partial charge in [0.2, 0.25) is 5.71 Å². The lowest BCUT2D eigenvalue weighted by Crippen LogP contribution is -1.98. The number of nitriles is 2. The van der Waals surface area contributed by atoms with Crippen molar-refractivity contribution in [3.8, 4) is 23.6 Å². The average Bonchev–Trinajstić information content (AvgIpc) is 2.40. The van der Waals surface area contributed by atoms with Gasteiger partial charge in [-0.05, 0) is 6.07 Å². The molecule has 0 atom stereocenters. The fourth-order valence-electron chi connectivity index (χ4n) is 1.15. The van der Waals surface area contributed by atoms with Crippen LogP contribution in [0.2, 0.25) is 0 Å². The number of nitrogens with zero attached hydrogens (tertiary/aromatic N) is 3. The van der Waals surface area contributed by atoms with Crippen LogP contribution in [0.5, 0.6) is 11.5 Å². The van der Waals surface area contributed by atoms with E-state index >= 15 is 0 Å². The molecule has 0 aliphatic heterocycles. The molecule has 6 nitrogen and oxygen atoms in total. The number of nitrogens with one attached hydrogen (secondary N) is 1. The first kappa shape index (κ1) is 13.7. The van der Waals surface area contributed by atoms with Gasteiger partial charge in [0, 0.05) is 11.0 Å². The van der Waals surface area contributed by atoms with Crippen LogP contribution in [0.15, 0.2) is 22.1 Å². The van der Waals surface area contributed by atoms with Crippen molar-refractivity contribution >= 4 is 24.0 Å². The molecule has 1 rings (SSSR count). The molecule has 18 heavy (non-hydrogen) atoms. The highest BCUT2D eigenvalue weighted by molar-refractivity contribution is 7.80. The molecule has 7 heteroatoms. The predicted molar refractivity (Wildman–Crippen MR) is 69.1 cm³/mol. The Balaban J connectivity index is 3.09. The van der Waals surface area contributed by atoms with E-state index in [1.165, 1.54) is 14.2 Å². The monoisotopic (exact) mass is 262 g/mol. The van der Waals surface area contributed by atoms with Gasteiger partial charge in [-0.3, -0.25) is 5.43 Å².